The van der Waals surface area contributed by atoms with Gasteiger partial charge < -0.3 is 30.9 Å². The van der Waals surface area contributed by atoms with E-state index in [1.807, 2.05) is 12.1 Å². The van der Waals surface area contributed by atoms with Crippen LogP contribution in [-0.4, -0.2) is 124 Å². The van der Waals surface area contributed by atoms with Crippen molar-refractivity contribution in [2.45, 2.75) is 6.42 Å². The molecule has 0 spiro atoms. The number of morpholine rings is 1. The quantitative estimate of drug-likeness (QED) is 0.292. The summed E-state index contributed by atoms with van der Waals surface area (Å²) in [5.41, 5.74) is 7.82. The molecular formula is C25H34N12O3. The lowest BCUT2D eigenvalue weighted by atomic mass is 10.2. The highest BCUT2D eigenvalue weighted by atomic mass is 16.5. The van der Waals surface area contributed by atoms with Crippen molar-refractivity contribution in [1.82, 2.24) is 45.3 Å². The van der Waals surface area contributed by atoms with Crippen molar-refractivity contribution in [3.63, 3.8) is 0 Å². The van der Waals surface area contributed by atoms with E-state index in [1.165, 1.54) is 10.9 Å². The van der Waals surface area contributed by atoms with Crippen molar-refractivity contribution in [2.75, 3.05) is 88.6 Å². The third-order valence-corrected chi connectivity index (χ3v) is 6.92. The monoisotopic (exact) mass is 550 g/mol. The number of nitrogens with one attached hydrogen (secondary N) is 2. The molecule has 1 aromatic carbocycles. The van der Waals surface area contributed by atoms with E-state index >= 15 is 0 Å². The highest BCUT2D eigenvalue weighted by molar-refractivity contribution is 6.04. The van der Waals surface area contributed by atoms with Crippen molar-refractivity contribution in [3.05, 3.63) is 42.0 Å². The number of likely N-dealkylation sites (N-methyl/N-ethyl adjacent to an activating group) is 1. The smallest absolute Gasteiger partial charge is 0.277 e. The highest BCUT2D eigenvalue weighted by Gasteiger charge is 2.21. The molecule has 0 radical (unpaired) electrons. The lowest BCUT2D eigenvalue weighted by Gasteiger charge is -2.35. The average Bonchev–Trinajstić information content (AvgIpc) is 3.47. The second-order valence-corrected chi connectivity index (χ2v) is 9.76. The molecule has 15 nitrogen and oxygen atoms in total. The number of hydrogen-bond acceptors (Lipinski definition) is 12. The summed E-state index contributed by atoms with van der Waals surface area (Å²) in [5.74, 6) is -0.770. The molecule has 0 aliphatic carbocycles. The fourth-order valence-electron chi connectivity index (χ4n) is 4.58. The second-order valence-electron chi connectivity index (χ2n) is 9.76. The third kappa shape index (κ3) is 6.86. The van der Waals surface area contributed by atoms with Gasteiger partial charge in [-0.3, -0.25) is 14.5 Å². The number of benzene rings is 1. The van der Waals surface area contributed by atoms with Crippen LogP contribution >= 0.6 is 0 Å². The Balaban J connectivity index is 1.28. The van der Waals surface area contributed by atoms with Gasteiger partial charge in [-0.15, -0.1) is 15.3 Å². The van der Waals surface area contributed by atoms with E-state index in [2.05, 4.69) is 57.9 Å². The molecule has 2 aliphatic rings. The lowest BCUT2D eigenvalue weighted by Crippen LogP contribution is -2.44. The van der Waals surface area contributed by atoms with Gasteiger partial charge in [0.25, 0.3) is 11.8 Å². The first kappa shape index (κ1) is 27.4. The van der Waals surface area contributed by atoms with Crippen LogP contribution in [0.4, 0.5) is 17.3 Å². The number of carbonyl (C=O) groups is 2. The Bertz CT molecular complexity index is 1300. The van der Waals surface area contributed by atoms with Gasteiger partial charge in [0.1, 0.15) is 0 Å². The number of nitrogen functional groups attached to an aromatic ring is 1. The van der Waals surface area contributed by atoms with E-state index in [0.29, 0.717) is 17.9 Å². The van der Waals surface area contributed by atoms with Gasteiger partial charge in [0, 0.05) is 45.8 Å². The summed E-state index contributed by atoms with van der Waals surface area (Å²) in [6.45, 7) is 8.21. The first-order valence-corrected chi connectivity index (χ1v) is 13.3. The van der Waals surface area contributed by atoms with Crippen LogP contribution < -0.4 is 21.3 Å². The van der Waals surface area contributed by atoms with E-state index in [4.69, 9.17) is 10.5 Å². The Morgan fingerprint density at radius 3 is 2.55 bits per heavy atom. The fourth-order valence-corrected chi connectivity index (χ4v) is 4.58. The summed E-state index contributed by atoms with van der Waals surface area (Å²) >= 11 is 0. The zero-order chi connectivity index (χ0) is 27.9. The maximum absolute atomic E-state index is 13.0. The van der Waals surface area contributed by atoms with E-state index < -0.39 is 5.91 Å². The van der Waals surface area contributed by atoms with Crippen molar-refractivity contribution < 1.29 is 14.3 Å². The van der Waals surface area contributed by atoms with Crippen molar-refractivity contribution in [3.8, 4) is 5.69 Å². The highest BCUT2D eigenvalue weighted by Crippen LogP contribution is 2.30. The van der Waals surface area contributed by atoms with Crippen LogP contribution in [0.25, 0.3) is 5.69 Å². The molecule has 0 saturated carbocycles. The summed E-state index contributed by atoms with van der Waals surface area (Å²) < 4.78 is 6.88. The van der Waals surface area contributed by atoms with Crippen LogP contribution in [0.2, 0.25) is 0 Å². The summed E-state index contributed by atoms with van der Waals surface area (Å²) in [7, 11) is 2.08. The van der Waals surface area contributed by atoms with E-state index in [-0.39, 0.29) is 23.2 Å². The number of hydrogen-bond donors (Lipinski definition) is 3. The zero-order valence-electron chi connectivity index (χ0n) is 22.5. The molecule has 0 unspecified atom stereocenters. The van der Waals surface area contributed by atoms with Gasteiger partial charge >= 0.3 is 0 Å². The first-order chi connectivity index (χ1) is 19.5. The number of carbonyl (C=O) groups excluding carboxylic acids is 2. The largest absolute Gasteiger partial charge is 0.379 e. The molecule has 5 rings (SSSR count). The minimum Gasteiger partial charge on any atom is -0.379 e. The standard InChI is InChI=1S/C25H34N12O3/c1-34-7-9-36(10-8-34)22-4-3-18(15-19(22)29-24(39)20-16-28-25(26)32-30-20)37-17-21(31-33-37)23(38)27-5-2-6-35-11-13-40-14-12-35/h3-4,15-17H,2,5-14H2,1H3,(H,27,38)(H,29,39)(H2,26,28,32). The number of nitrogens with two attached hydrogens (primary N) is 1. The van der Waals surface area contributed by atoms with E-state index in [1.54, 1.807) is 12.3 Å². The molecular weight excluding hydrogens is 516 g/mol. The molecule has 4 heterocycles. The number of piperazine rings is 1. The molecule has 40 heavy (non-hydrogen) atoms. The second kappa shape index (κ2) is 12.8. The summed E-state index contributed by atoms with van der Waals surface area (Å²) in [6.07, 6.45) is 3.69. The minimum absolute atomic E-state index is 0.0141. The fraction of sp³-hybridized carbons (Fsp3) is 0.480. The van der Waals surface area contributed by atoms with Crippen LogP contribution in [-0.2, 0) is 4.74 Å². The molecule has 2 fully saturated rings. The van der Waals surface area contributed by atoms with Crippen LogP contribution in [0, 0.1) is 0 Å². The van der Waals surface area contributed by atoms with Gasteiger partial charge in [0.05, 0.1) is 42.7 Å². The van der Waals surface area contributed by atoms with Gasteiger partial charge in [-0.1, -0.05) is 5.21 Å². The maximum atomic E-state index is 13.0. The number of aromatic nitrogens is 6. The van der Waals surface area contributed by atoms with Gasteiger partial charge in [0.15, 0.2) is 11.4 Å². The van der Waals surface area contributed by atoms with Gasteiger partial charge in [-0.2, -0.15) is 0 Å². The van der Waals surface area contributed by atoms with Crippen LogP contribution in [0.15, 0.2) is 30.6 Å². The number of anilines is 3. The summed E-state index contributed by atoms with van der Waals surface area (Å²) in [6, 6.07) is 5.60. The molecule has 2 amide bonds. The maximum Gasteiger partial charge on any atom is 0.277 e. The SMILES string of the molecule is CN1CCN(c2ccc(-n3cc(C(=O)NCCCN4CCOCC4)nn3)cc2NC(=O)c2cnc(N)nn2)CC1. The van der Waals surface area contributed by atoms with Gasteiger partial charge in [0.2, 0.25) is 5.95 Å². The minimum atomic E-state index is -0.469. The molecule has 3 aromatic rings. The lowest BCUT2D eigenvalue weighted by molar-refractivity contribution is 0.0374. The zero-order valence-corrected chi connectivity index (χ0v) is 22.5. The number of nitrogens with zero attached hydrogens (tertiary/aromatic N) is 9. The molecule has 2 saturated heterocycles. The third-order valence-electron chi connectivity index (χ3n) is 6.92. The number of ether oxygens (including phenoxy) is 1. The molecule has 4 N–H and O–H groups in total. The Hall–Kier alpha value is -4.21. The molecule has 15 heteroatoms. The van der Waals surface area contributed by atoms with Gasteiger partial charge in [-0.25, -0.2) is 9.67 Å². The molecule has 2 aromatic heterocycles. The van der Waals surface area contributed by atoms with Crippen LogP contribution in [0.3, 0.4) is 0 Å². The van der Waals surface area contributed by atoms with Crippen molar-refractivity contribution in [1.29, 1.82) is 0 Å². The van der Waals surface area contributed by atoms with Gasteiger partial charge in [-0.05, 0) is 38.2 Å². The first-order valence-electron chi connectivity index (χ1n) is 13.3. The topological polar surface area (TPSA) is 173 Å². The van der Waals surface area contributed by atoms with Crippen molar-refractivity contribution >= 4 is 29.1 Å². The molecule has 2 aliphatic heterocycles. The van der Waals surface area contributed by atoms with Crippen molar-refractivity contribution in [2.24, 2.45) is 0 Å². The molecule has 0 atom stereocenters. The number of rotatable bonds is 9. The normalized spacial score (nSPS) is 16.6. The Morgan fingerprint density at radius 1 is 1.00 bits per heavy atom. The van der Waals surface area contributed by atoms with Crippen LogP contribution in [0.1, 0.15) is 27.4 Å². The van der Waals surface area contributed by atoms with E-state index in [9.17, 15) is 9.59 Å². The van der Waals surface area contributed by atoms with Crippen LogP contribution in [0.5, 0.6) is 0 Å². The van der Waals surface area contributed by atoms with E-state index in [0.717, 1.165) is 71.1 Å². The Labute approximate surface area is 231 Å². The molecule has 0 bridgehead atoms. The average molecular weight is 551 g/mol. The number of amides is 2. The summed E-state index contributed by atoms with van der Waals surface area (Å²) in [5, 5.41) is 21.6. The molecule has 212 valence electrons. The summed E-state index contributed by atoms with van der Waals surface area (Å²) in [4.78, 5) is 36.3. The Kier molecular flexibility index (Phi) is 8.73. The predicted octanol–water partition coefficient (Wildman–Crippen LogP) is -0.509. The Morgan fingerprint density at radius 2 is 1.80 bits per heavy atom. The predicted molar refractivity (Wildman–Crippen MR) is 147 cm³/mol.